The number of carbonyl (C=O) groups is 2. The minimum Gasteiger partial charge on any atom is -0.445 e. The first kappa shape index (κ1) is 18.1. The maximum atomic E-state index is 12.3. The Kier molecular flexibility index (Phi) is 6.89. The standard InChI is InChI=1S/C15H18N4O3S2/c1-2-6-11(12(20)17-13-18-19-15(23)24-13)16-14(21)22-9-10-7-4-3-5-8-10/h3-5,7-8,11H,2,6,9H2,1H3,(H,16,21)(H,19,23)(H,17,18,20)/t11-/m0/s1. The lowest BCUT2D eigenvalue weighted by molar-refractivity contribution is -0.118. The Labute approximate surface area is 148 Å². The molecule has 0 saturated carbocycles. The molecule has 128 valence electrons. The van der Waals surface area contributed by atoms with Crippen LogP contribution in [0.1, 0.15) is 25.3 Å². The number of hydrogen-bond donors (Lipinski definition) is 3. The fourth-order valence-corrected chi connectivity index (χ4v) is 2.73. The van der Waals surface area contributed by atoms with Crippen molar-refractivity contribution in [3.05, 3.63) is 39.8 Å². The largest absolute Gasteiger partial charge is 0.445 e. The van der Waals surface area contributed by atoms with E-state index >= 15 is 0 Å². The van der Waals surface area contributed by atoms with Crippen molar-refractivity contribution in [1.82, 2.24) is 15.5 Å². The molecule has 1 atom stereocenters. The Morgan fingerprint density at radius 3 is 2.75 bits per heavy atom. The fourth-order valence-electron chi connectivity index (χ4n) is 1.94. The number of rotatable bonds is 7. The highest BCUT2D eigenvalue weighted by molar-refractivity contribution is 7.73. The normalized spacial score (nSPS) is 11.5. The summed E-state index contributed by atoms with van der Waals surface area (Å²) < 4.78 is 5.61. The molecule has 0 unspecified atom stereocenters. The molecule has 1 aromatic heterocycles. The molecule has 1 heterocycles. The number of ether oxygens (including phenoxy) is 1. The monoisotopic (exact) mass is 366 g/mol. The second kappa shape index (κ2) is 9.14. The minimum atomic E-state index is -0.698. The Hall–Kier alpha value is -2.26. The van der Waals surface area contributed by atoms with Gasteiger partial charge in [-0.1, -0.05) is 55.0 Å². The van der Waals surface area contributed by atoms with Crippen LogP contribution in [-0.2, 0) is 16.1 Å². The number of hydrogen-bond acceptors (Lipinski definition) is 6. The molecule has 0 bridgehead atoms. The summed E-state index contributed by atoms with van der Waals surface area (Å²) in [6.45, 7) is 2.07. The maximum absolute atomic E-state index is 12.3. The van der Waals surface area contributed by atoms with Gasteiger partial charge in [-0.15, -0.1) is 5.10 Å². The zero-order valence-electron chi connectivity index (χ0n) is 13.1. The average molecular weight is 366 g/mol. The smallest absolute Gasteiger partial charge is 0.408 e. The molecule has 0 spiro atoms. The van der Waals surface area contributed by atoms with E-state index in [2.05, 4.69) is 20.8 Å². The Morgan fingerprint density at radius 2 is 2.12 bits per heavy atom. The predicted octanol–water partition coefficient (Wildman–Crippen LogP) is 3.23. The number of amides is 2. The van der Waals surface area contributed by atoms with Crippen molar-refractivity contribution in [2.24, 2.45) is 0 Å². The SMILES string of the molecule is CCC[C@H](NC(=O)OCc1ccccc1)C(=O)Nc1n[nH]c(=S)s1. The van der Waals surface area contributed by atoms with E-state index in [1.165, 1.54) is 0 Å². The molecular weight excluding hydrogens is 348 g/mol. The second-order valence-corrected chi connectivity index (χ2v) is 6.62. The van der Waals surface area contributed by atoms with Crippen LogP contribution in [-0.4, -0.2) is 28.2 Å². The lowest BCUT2D eigenvalue weighted by Crippen LogP contribution is -2.43. The van der Waals surface area contributed by atoms with Crippen LogP contribution >= 0.6 is 23.6 Å². The number of carbonyl (C=O) groups excluding carboxylic acids is 2. The number of benzene rings is 1. The first-order valence-electron chi connectivity index (χ1n) is 7.42. The Bertz CT molecular complexity index is 730. The van der Waals surface area contributed by atoms with Crippen molar-refractivity contribution < 1.29 is 14.3 Å². The third-order valence-electron chi connectivity index (χ3n) is 3.07. The van der Waals surface area contributed by atoms with Crippen molar-refractivity contribution in [2.45, 2.75) is 32.4 Å². The first-order valence-corrected chi connectivity index (χ1v) is 8.64. The summed E-state index contributed by atoms with van der Waals surface area (Å²) >= 11 is 6.06. The number of nitrogens with one attached hydrogen (secondary N) is 3. The Morgan fingerprint density at radius 1 is 1.38 bits per heavy atom. The number of H-pyrrole nitrogens is 1. The molecule has 0 saturated heterocycles. The van der Waals surface area contributed by atoms with E-state index in [1.54, 1.807) is 0 Å². The van der Waals surface area contributed by atoms with E-state index < -0.39 is 12.1 Å². The van der Waals surface area contributed by atoms with Gasteiger partial charge in [0.2, 0.25) is 11.0 Å². The van der Waals surface area contributed by atoms with E-state index in [4.69, 9.17) is 17.0 Å². The average Bonchev–Trinajstić information content (AvgIpc) is 2.98. The van der Waals surface area contributed by atoms with Gasteiger partial charge in [-0.05, 0) is 24.2 Å². The van der Waals surface area contributed by atoms with Gasteiger partial charge in [0.25, 0.3) is 0 Å². The number of nitrogens with zero attached hydrogens (tertiary/aromatic N) is 1. The molecule has 0 aliphatic heterocycles. The summed E-state index contributed by atoms with van der Waals surface area (Å²) in [6.07, 6.45) is 0.581. The van der Waals surface area contributed by atoms with Gasteiger partial charge >= 0.3 is 6.09 Å². The van der Waals surface area contributed by atoms with Crippen LogP contribution in [0.15, 0.2) is 30.3 Å². The molecular formula is C15H18N4O3S2. The van der Waals surface area contributed by atoms with Crippen LogP contribution in [0.3, 0.4) is 0 Å². The molecule has 2 rings (SSSR count). The van der Waals surface area contributed by atoms with E-state index in [0.29, 0.717) is 15.5 Å². The highest BCUT2D eigenvalue weighted by Gasteiger charge is 2.21. The van der Waals surface area contributed by atoms with E-state index in [1.807, 2.05) is 37.3 Å². The van der Waals surface area contributed by atoms with Gasteiger partial charge in [-0.3, -0.25) is 15.2 Å². The minimum absolute atomic E-state index is 0.147. The number of alkyl carbamates (subject to hydrolysis) is 1. The number of aromatic amines is 1. The van der Waals surface area contributed by atoms with Gasteiger partial charge in [0.1, 0.15) is 12.6 Å². The van der Waals surface area contributed by atoms with Gasteiger partial charge in [-0.25, -0.2) is 4.79 Å². The molecule has 9 heteroatoms. The molecule has 24 heavy (non-hydrogen) atoms. The van der Waals surface area contributed by atoms with Gasteiger partial charge in [-0.2, -0.15) is 0 Å². The van der Waals surface area contributed by atoms with Crippen LogP contribution in [0.5, 0.6) is 0 Å². The van der Waals surface area contributed by atoms with Crippen LogP contribution in [0.4, 0.5) is 9.93 Å². The zero-order valence-corrected chi connectivity index (χ0v) is 14.7. The molecule has 3 N–H and O–H groups in total. The molecule has 0 aliphatic carbocycles. The highest BCUT2D eigenvalue weighted by Crippen LogP contribution is 2.12. The topological polar surface area (TPSA) is 96.1 Å². The van der Waals surface area contributed by atoms with Crippen molar-refractivity contribution >= 4 is 40.7 Å². The third kappa shape index (κ3) is 5.74. The number of aromatic nitrogens is 2. The summed E-state index contributed by atoms with van der Waals surface area (Å²) in [4.78, 5) is 24.2. The van der Waals surface area contributed by atoms with Gasteiger partial charge in [0.15, 0.2) is 3.95 Å². The zero-order chi connectivity index (χ0) is 17.4. The third-order valence-corrected chi connectivity index (χ3v) is 4.07. The van der Waals surface area contributed by atoms with E-state index in [-0.39, 0.29) is 12.5 Å². The lowest BCUT2D eigenvalue weighted by Gasteiger charge is -2.16. The van der Waals surface area contributed by atoms with Crippen molar-refractivity contribution in [3.8, 4) is 0 Å². The summed E-state index contributed by atoms with van der Waals surface area (Å²) in [5.41, 5.74) is 0.875. The fraction of sp³-hybridized carbons (Fsp3) is 0.333. The predicted molar refractivity (Wildman–Crippen MR) is 94.4 cm³/mol. The molecule has 1 aromatic carbocycles. The molecule has 2 aromatic rings. The van der Waals surface area contributed by atoms with Crippen LogP contribution in [0.2, 0.25) is 0 Å². The van der Waals surface area contributed by atoms with E-state index in [9.17, 15) is 9.59 Å². The van der Waals surface area contributed by atoms with Crippen LogP contribution in [0.25, 0.3) is 0 Å². The summed E-state index contributed by atoms with van der Waals surface area (Å²) in [7, 11) is 0. The quantitative estimate of drug-likeness (QED) is 0.654. The molecule has 0 radical (unpaired) electrons. The van der Waals surface area contributed by atoms with Gasteiger partial charge < -0.3 is 10.1 Å². The Balaban J connectivity index is 1.88. The second-order valence-electron chi connectivity index (χ2n) is 4.95. The van der Waals surface area contributed by atoms with Gasteiger partial charge in [0, 0.05) is 0 Å². The van der Waals surface area contributed by atoms with Crippen molar-refractivity contribution in [1.29, 1.82) is 0 Å². The van der Waals surface area contributed by atoms with Crippen molar-refractivity contribution in [3.63, 3.8) is 0 Å². The molecule has 0 aliphatic rings. The van der Waals surface area contributed by atoms with E-state index in [0.717, 1.165) is 23.3 Å². The van der Waals surface area contributed by atoms with Crippen LogP contribution < -0.4 is 10.6 Å². The highest BCUT2D eigenvalue weighted by atomic mass is 32.1. The molecule has 2 amide bonds. The summed E-state index contributed by atoms with van der Waals surface area (Å²) in [5, 5.41) is 12.0. The summed E-state index contributed by atoms with van der Waals surface area (Å²) in [5.74, 6) is -0.355. The first-order chi connectivity index (χ1) is 11.6. The molecule has 7 nitrogen and oxygen atoms in total. The van der Waals surface area contributed by atoms with Crippen molar-refractivity contribution in [2.75, 3.05) is 5.32 Å². The number of anilines is 1. The van der Waals surface area contributed by atoms with Gasteiger partial charge in [0.05, 0.1) is 0 Å². The summed E-state index contributed by atoms with van der Waals surface area (Å²) in [6, 6.07) is 8.63. The lowest BCUT2D eigenvalue weighted by atomic mass is 10.1. The maximum Gasteiger partial charge on any atom is 0.408 e. The van der Waals surface area contributed by atoms with Crippen LogP contribution in [0, 0.1) is 3.95 Å². The molecule has 0 fully saturated rings.